The van der Waals surface area contributed by atoms with Crippen molar-refractivity contribution >= 4 is 0 Å². The van der Waals surface area contributed by atoms with Crippen LogP contribution in [-0.2, 0) is 6.42 Å². The van der Waals surface area contributed by atoms with E-state index in [9.17, 15) is 13.9 Å². The molecule has 1 N–H and O–H groups in total. The van der Waals surface area contributed by atoms with Crippen LogP contribution in [0.5, 0.6) is 0 Å². The lowest BCUT2D eigenvalue weighted by Crippen LogP contribution is -2.21. The first-order valence-electron chi connectivity index (χ1n) is 5.77. The SMILES string of the molecule is OC1CCCC(Cc2cc(F)ccc2F)C1. The number of aliphatic hydroxyl groups is 1. The second-order valence-electron chi connectivity index (χ2n) is 4.63. The number of halogens is 2. The zero-order valence-electron chi connectivity index (χ0n) is 9.13. The van der Waals surface area contributed by atoms with Gasteiger partial charge in [-0.2, -0.15) is 0 Å². The van der Waals surface area contributed by atoms with E-state index < -0.39 is 5.82 Å². The fraction of sp³-hybridized carbons (Fsp3) is 0.538. The van der Waals surface area contributed by atoms with E-state index in [1.54, 1.807) is 0 Å². The van der Waals surface area contributed by atoms with E-state index in [1.165, 1.54) is 12.1 Å². The highest BCUT2D eigenvalue weighted by molar-refractivity contribution is 5.19. The van der Waals surface area contributed by atoms with Crippen LogP contribution in [0.1, 0.15) is 31.2 Å². The molecule has 88 valence electrons. The molecule has 0 saturated heterocycles. The molecule has 16 heavy (non-hydrogen) atoms. The lowest BCUT2D eigenvalue weighted by atomic mass is 9.83. The Morgan fingerprint density at radius 2 is 2.06 bits per heavy atom. The predicted molar refractivity (Wildman–Crippen MR) is 58.0 cm³/mol. The van der Waals surface area contributed by atoms with Crippen molar-refractivity contribution in [2.75, 3.05) is 0 Å². The van der Waals surface area contributed by atoms with Gasteiger partial charge in [-0.15, -0.1) is 0 Å². The zero-order chi connectivity index (χ0) is 11.5. The fourth-order valence-corrected chi connectivity index (χ4v) is 2.46. The zero-order valence-corrected chi connectivity index (χ0v) is 9.13. The van der Waals surface area contributed by atoms with Gasteiger partial charge in [-0.3, -0.25) is 0 Å². The molecule has 0 aromatic heterocycles. The van der Waals surface area contributed by atoms with Gasteiger partial charge in [0.1, 0.15) is 11.6 Å². The molecule has 0 heterocycles. The van der Waals surface area contributed by atoms with Crippen molar-refractivity contribution < 1.29 is 13.9 Å². The van der Waals surface area contributed by atoms with Crippen molar-refractivity contribution in [1.29, 1.82) is 0 Å². The summed E-state index contributed by atoms with van der Waals surface area (Å²) in [4.78, 5) is 0. The van der Waals surface area contributed by atoms with Crippen molar-refractivity contribution in [3.05, 3.63) is 35.4 Å². The molecular weight excluding hydrogens is 210 g/mol. The van der Waals surface area contributed by atoms with Crippen LogP contribution in [-0.4, -0.2) is 11.2 Å². The third kappa shape index (κ3) is 2.79. The average Bonchev–Trinajstić information content (AvgIpc) is 2.24. The van der Waals surface area contributed by atoms with E-state index in [2.05, 4.69) is 0 Å². The summed E-state index contributed by atoms with van der Waals surface area (Å²) in [7, 11) is 0. The van der Waals surface area contributed by atoms with Gasteiger partial charge in [-0.25, -0.2) is 8.78 Å². The van der Waals surface area contributed by atoms with E-state index in [0.29, 0.717) is 18.4 Å². The van der Waals surface area contributed by atoms with Gasteiger partial charge < -0.3 is 5.11 Å². The normalized spacial score (nSPS) is 25.7. The Morgan fingerprint density at radius 1 is 1.25 bits per heavy atom. The number of aliphatic hydroxyl groups excluding tert-OH is 1. The maximum absolute atomic E-state index is 13.4. The molecule has 0 amide bonds. The van der Waals surface area contributed by atoms with E-state index in [4.69, 9.17) is 0 Å². The van der Waals surface area contributed by atoms with Gasteiger partial charge in [0.05, 0.1) is 6.10 Å². The van der Waals surface area contributed by atoms with Crippen molar-refractivity contribution in [2.24, 2.45) is 5.92 Å². The number of hydrogen-bond donors (Lipinski definition) is 1. The molecule has 1 aliphatic rings. The monoisotopic (exact) mass is 226 g/mol. The van der Waals surface area contributed by atoms with Crippen LogP contribution < -0.4 is 0 Å². The quantitative estimate of drug-likeness (QED) is 0.821. The number of rotatable bonds is 2. The Labute approximate surface area is 94.1 Å². The fourth-order valence-electron chi connectivity index (χ4n) is 2.46. The van der Waals surface area contributed by atoms with Gasteiger partial charge in [-0.05, 0) is 55.4 Å². The first kappa shape index (κ1) is 11.5. The van der Waals surface area contributed by atoms with Crippen LogP contribution in [0, 0.1) is 17.6 Å². The van der Waals surface area contributed by atoms with E-state index in [1.807, 2.05) is 0 Å². The smallest absolute Gasteiger partial charge is 0.126 e. The van der Waals surface area contributed by atoms with Crippen LogP contribution in [0.2, 0.25) is 0 Å². The van der Waals surface area contributed by atoms with E-state index in [-0.39, 0.29) is 17.8 Å². The van der Waals surface area contributed by atoms with Crippen molar-refractivity contribution in [2.45, 2.75) is 38.2 Å². The molecule has 0 radical (unpaired) electrons. The Morgan fingerprint density at radius 3 is 2.81 bits per heavy atom. The summed E-state index contributed by atoms with van der Waals surface area (Å²) < 4.78 is 26.4. The molecule has 0 aliphatic heterocycles. The predicted octanol–water partition coefficient (Wildman–Crippen LogP) is 3.06. The van der Waals surface area contributed by atoms with E-state index >= 15 is 0 Å². The minimum absolute atomic E-state index is 0.268. The van der Waals surface area contributed by atoms with Gasteiger partial charge in [0.2, 0.25) is 0 Å². The largest absolute Gasteiger partial charge is 0.393 e. The molecule has 1 fully saturated rings. The Hall–Kier alpha value is -0.960. The Balaban J connectivity index is 2.05. The van der Waals surface area contributed by atoms with Crippen molar-refractivity contribution in [3.8, 4) is 0 Å². The summed E-state index contributed by atoms with van der Waals surface area (Å²) in [5, 5.41) is 9.51. The molecule has 0 spiro atoms. The molecule has 2 unspecified atom stereocenters. The molecule has 2 atom stereocenters. The third-order valence-corrected chi connectivity index (χ3v) is 3.27. The highest BCUT2D eigenvalue weighted by atomic mass is 19.1. The molecule has 1 aliphatic carbocycles. The molecule has 2 rings (SSSR count). The molecule has 1 saturated carbocycles. The maximum atomic E-state index is 13.4. The summed E-state index contributed by atoms with van der Waals surface area (Å²) in [6, 6.07) is 3.56. The molecule has 0 bridgehead atoms. The van der Waals surface area contributed by atoms with Gasteiger partial charge in [0.15, 0.2) is 0 Å². The summed E-state index contributed by atoms with van der Waals surface area (Å²) >= 11 is 0. The second kappa shape index (κ2) is 4.91. The van der Waals surface area contributed by atoms with E-state index in [0.717, 1.165) is 25.3 Å². The molecule has 1 aromatic rings. The number of benzene rings is 1. The van der Waals surface area contributed by atoms with Crippen LogP contribution in [0.3, 0.4) is 0 Å². The van der Waals surface area contributed by atoms with Crippen LogP contribution in [0.15, 0.2) is 18.2 Å². The first-order valence-corrected chi connectivity index (χ1v) is 5.77. The topological polar surface area (TPSA) is 20.2 Å². The number of hydrogen-bond acceptors (Lipinski definition) is 1. The maximum Gasteiger partial charge on any atom is 0.126 e. The molecular formula is C13H16F2O. The highest BCUT2D eigenvalue weighted by Crippen LogP contribution is 2.28. The van der Waals surface area contributed by atoms with Gasteiger partial charge in [0, 0.05) is 0 Å². The molecule has 1 nitrogen and oxygen atoms in total. The second-order valence-corrected chi connectivity index (χ2v) is 4.63. The Kier molecular flexibility index (Phi) is 3.54. The van der Waals surface area contributed by atoms with Crippen LogP contribution in [0.4, 0.5) is 8.78 Å². The molecule has 3 heteroatoms. The summed E-state index contributed by atoms with van der Waals surface area (Å²) in [6.45, 7) is 0. The third-order valence-electron chi connectivity index (χ3n) is 3.27. The van der Waals surface area contributed by atoms with Gasteiger partial charge >= 0.3 is 0 Å². The first-order chi connectivity index (χ1) is 7.65. The Bertz CT molecular complexity index is 365. The average molecular weight is 226 g/mol. The molecule has 1 aromatic carbocycles. The lowest BCUT2D eigenvalue weighted by molar-refractivity contribution is 0.101. The summed E-state index contributed by atoms with van der Waals surface area (Å²) in [5.74, 6) is -0.464. The van der Waals surface area contributed by atoms with Gasteiger partial charge in [0.25, 0.3) is 0 Å². The summed E-state index contributed by atoms with van der Waals surface area (Å²) in [5.41, 5.74) is 0.430. The van der Waals surface area contributed by atoms with Crippen molar-refractivity contribution in [3.63, 3.8) is 0 Å². The van der Waals surface area contributed by atoms with Crippen LogP contribution >= 0.6 is 0 Å². The highest BCUT2D eigenvalue weighted by Gasteiger charge is 2.21. The van der Waals surface area contributed by atoms with Crippen LogP contribution in [0.25, 0.3) is 0 Å². The van der Waals surface area contributed by atoms with Crippen molar-refractivity contribution in [1.82, 2.24) is 0 Å². The minimum atomic E-state index is -0.396. The van der Waals surface area contributed by atoms with Gasteiger partial charge in [-0.1, -0.05) is 6.42 Å². The summed E-state index contributed by atoms with van der Waals surface area (Å²) in [6.07, 6.45) is 3.77. The minimum Gasteiger partial charge on any atom is -0.393 e. The lowest BCUT2D eigenvalue weighted by Gasteiger charge is -2.25. The standard InChI is InChI=1S/C13H16F2O/c14-11-4-5-13(15)10(8-11)6-9-2-1-3-12(16)7-9/h4-5,8-9,12,16H,1-3,6-7H2.